The van der Waals surface area contributed by atoms with E-state index in [4.69, 9.17) is 9.47 Å². The molecule has 0 saturated heterocycles. The molecular formula is C26H26N4O12S3. The first-order valence-corrected chi connectivity index (χ1v) is 16.3. The average molecular weight is 683 g/mol. The smallest absolute Gasteiger partial charge is 0.410 e. The summed E-state index contributed by atoms with van der Waals surface area (Å²) in [6, 6.07) is 12.8. The number of amides is 2. The minimum atomic E-state index is -3.71. The normalized spacial score (nSPS) is 16.5. The Morgan fingerprint density at radius 3 is 2.02 bits per heavy atom. The van der Waals surface area contributed by atoms with Gasteiger partial charge in [0.1, 0.15) is 28.9 Å². The van der Waals surface area contributed by atoms with E-state index in [1.54, 1.807) is 19.9 Å². The summed E-state index contributed by atoms with van der Waals surface area (Å²) in [4.78, 5) is 56.4. The first-order chi connectivity index (χ1) is 21.4. The number of carbonyl (C=O) groups is 2. The lowest BCUT2D eigenvalue weighted by Gasteiger charge is -2.35. The molecule has 16 nitrogen and oxygen atoms in total. The topological polar surface area (TPSA) is 207 Å². The van der Waals surface area contributed by atoms with Gasteiger partial charge in [-0.3, -0.25) is 4.72 Å². The van der Waals surface area contributed by atoms with Crippen LogP contribution in [0, 0.1) is 20.2 Å². The molecule has 0 bridgehead atoms. The van der Waals surface area contributed by atoms with E-state index in [9.17, 15) is 38.2 Å². The van der Waals surface area contributed by atoms with Crippen molar-refractivity contribution in [2.24, 2.45) is 0 Å². The van der Waals surface area contributed by atoms with E-state index < -0.39 is 43.5 Å². The molecular weight excluding hydrogens is 657 g/mol. The van der Waals surface area contributed by atoms with E-state index in [0.717, 1.165) is 23.3 Å². The van der Waals surface area contributed by atoms with Gasteiger partial charge in [0.15, 0.2) is 9.84 Å². The molecule has 3 aromatic rings. The number of thiophene rings is 1. The lowest BCUT2D eigenvalue weighted by molar-refractivity contribution is -0.763. The van der Waals surface area contributed by atoms with Gasteiger partial charge in [-0.1, -0.05) is 24.3 Å². The van der Waals surface area contributed by atoms with Crippen molar-refractivity contribution >= 4 is 45.3 Å². The van der Waals surface area contributed by atoms with Crippen LogP contribution in [0.25, 0.3) is 0 Å². The van der Waals surface area contributed by atoms with E-state index in [-0.39, 0.29) is 41.9 Å². The number of rotatable bonds is 12. The summed E-state index contributed by atoms with van der Waals surface area (Å²) in [5.41, 5.74) is 1.38. The number of nitrogens with one attached hydrogen (secondary N) is 1. The molecule has 0 fully saturated rings. The summed E-state index contributed by atoms with van der Waals surface area (Å²) in [5.74, 6) is 0.348. The maximum atomic E-state index is 13.2. The Morgan fingerprint density at radius 1 is 0.978 bits per heavy atom. The molecule has 1 aliphatic heterocycles. The van der Waals surface area contributed by atoms with Crippen molar-refractivity contribution in [1.29, 1.82) is 0 Å². The van der Waals surface area contributed by atoms with Gasteiger partial charge in [0.2, 0.25) is 0 Å². The number of sulfone groups is 1. The number of hydrogen-bond acceptors (Lipinski definition) is 14. The predicted molar refractivity (Wildman–Crippen MR) is 158 cm³/mol. The molecule has 1 aromatic heterocycles. The Morgan fingerprint density at radius 2 is 1.51 bits per heavy atom. The lowest BCUT2D eigenvalue weighted by Crippen LogP contribution is -2.41. The van der Waals surface area contributed by atoms with Crippen LogP contribution >= 0.6 is 23.3 Å². The summed E-state index contributed by atoms with van der Waals surface area (Å²) < 4.78 is 40.2. The maximum absolute atomic E-state index is 13.2. The van der Waals surface area contributed by atoms with E-state index in [1.807, 2.05) is 0 Å². The van der Waals surface area contributed by atoms with Crippen molar-refractivity contribution in [3.63, 3.8) is 0 Å². The van der Waals surface area contributed by atoms with Gasteiger partial charge in [-0.05, 0) is 61.7 Å². The summed E-state index contributed by atoms with van der Waals surface area (Å²) in [7, 11) is -3.71. The van der Waals surface area contributed by atoms with E-state index in [2.05, 4.69) is 14.4 Å². The number of ether oxygens (including phenoxy) is 2. The van der Waals surface area contributed by atoms with Gasteiger partial charge in [-0.15, -0.1) is 31.6 Å². The first kappa shape index (κ1) is 33.3. The molecule has 2 atom stereocenters. The van der Waals surface area contributed by atoms with Crippen molar-refractivity contribution < 1.29 is 47.3 Å². The predicted octanol–water partition coefficient (Wildman–Crippen LogP) is 5.09. The fraction of sp³-hybridized carbons (Fsp3) is 0.308. The second-order valence-corrected chi connectivity index (χ2v) is 14.2. The van der Waals surface area contributed by atoms with Crippen molar-refractivity contribution in [2.45, 2.75) is 53.2 Å². The molecule has 0 saturated carbocycles. The zero-order valence-electron chi connectivity index (χ0n) is 23.6. The third kappa shape index (κ3) is 8.52. The SMILES string of the molecule is CCN(C(=O)Oc1ccc(CO[N+](=O)[O-])cc1)C1CC(C)S(=O)(=O)c2sc(SNC(=O)Oc3ccc(CO[N+](=O)[O-])cc3)cc21. The molecule has 0 spiro atoms. The highest BCUT2D eigenvalue weighted by Gasteiger charge is 2.42. The van der Waals surface area contributed by atoms with E-state index in [0.29, 0.717) is 20.9 Å². The van der Waals surface area contributed by atoms with Crippen LogP contribution in [0.1, 0.15) is 43.0 Å². The molecule has 1 N–H and O–H groups in total. The maximum Gasteiger partial charge on any atom is 0.422 e. The number of fused-ring (bicyclic) bond motifs is 1. The molecule has 45 heavy (non-hydrogen) atoms. The van der Waals surface area contributed by atoms with E-state index >= 15 is 0 Å². The highest BCUT2D eigenvalue weighted by atomic mass is 32.2. The summed E-state index contributed by atoms with van der Waals surface area (Å²) in [5, 5.41) is 18.1. The molecule has 2 unspecified atom stereocenters. The van der Waals surface area contributed by atoms with Crippen molar-refractivity contribution in [2.75, 3.05) is 6.54 Å². The summed E-state index contributed by atoms with van der Waals surface area (Å²) in [6.07, 6.45) is -1.44. The molecule has 19 heteroatoms. The number of benzene rings is 2. The fourth-order valence-corrected chi connectivity index (χ4v) is 8.68. The van der Waals surface area contributed by atoms with Crippen LogP contribution in [0.3, 0.4) is 0 Å². The molecule has 0 aliphatic carbocycles. The Bertz CT molecular complexity index is 1660. The Labute approximate surface area is 264 Å². The Hall–Kier alpha value is -4.62. The third-order valence-corrected chi connectivity index (χ3v) is 11.3. The van der Waals surface area contributed by atoms with Gasteiger partial charge >= 0.3 is 12.2 Å². The molecule has 2 amide bonds. The second kappa shape index (κ2) is 14.4. The Balaban J connectivity index is 1.43. The fourth-order valence-electron chi connectivity index (χ4n) is 4.33. The van der Waals surface area contributed by atoms with Gasteiger partial charge < -0.3 is 24.0 Å². The van der Waals surface area contributed by atoms with Crippen LogP contribution in [0.15, 0.2) is 63.0 Å². The van der Waals surface area contributed by atoms with Gasteiger partial charge in [-0.25, -0.2) is 18.0 Å². The quantitative estimate of drug-likeness (QED) is 0.150. The van der Waals surface area contributed by atoms with Gasteiger partial charge in [0.25, 0.3) is 10.2 Å². The standard InChI is InChI=1S/C26H26N4O12S3/c1-3-28(26(32)42-20-10-6-18(7-11-20)15-40-30(35)36)22-12-16(2)45(37,38)24-21(22)13-23(43-24)44-27-25(31)41-19-8-4-17(5-9-19)14-39-29(33)34/h4-11,13,16,22H,3,12,14-15H2,1-2H3,(H,27,31). The van der Waals surface area contributed by atoms with Crippen molar-refractivity contribution in [1.82, 2.24) is 9.62 Å². The molecule has 240 valence electrons. The zero-order valence-corrected chi connectivity index (χ0v) is 26.1. The van der Waals surface area contributed by atoms with Crippen LogP contribution < -0.4 is 14.2 Å². The van der Waals surface area contributed by atoms with E-state index in [1.165, 1.54) is 53.4 Å². The van der Waals surface area contributed by atoms with Crippen LogP contribution in [0.4, 0.5) is 9.59 Å². The molecule has 4 rings (SSSR count). The van der Waals surface area contributed by atoms with Crippen LogP contribution in [-0.4, -0.2) is 47.5 Å². The largest absolute Gasteiger partial charge is 0.422 e. The van der Waals surface area contributed by atoms with Gasteiger partial charge in [0, 0.05) is 24.1 Å². The Kier molecular flexibility index (Phi) is 10.7. The lowest BCUT2D eigenvalue weighted by atomic mass is 10.0. The number of hydrogen-bond donors (Lipinski definition) is 1. The molecule has 1 aliphatic rings. The highest BCUT2D eigenvalue weighted by molar-refractivity contribution is 8.00. The zero-order chi connectivity index (χ0) is 32.7. The average Bonchev–Trinajstić information content (AvgIpc) is 3.44. The minimum absolute atomic E-state index is 0.0813. The van der Waals surface area contributed by atoms with Gasteiger partial charge in [0.05, 0.1) is 15.5 Å². The minimum Gasteiger partial charge on any atom is -0.410 e. The number of nitrogens with zero attached hydrogens (tertiary/aromatic N) is 3. The van der Waals surface area contributed by atoms with Crippen LogP contribution in [-0.2, 0) is 32.7 Å². The van der Waals surface area contributed by atoms with Crippen molar-refractivity contribution in [3.05, 3.63) is 91.5 Å². The molecule has 2 aromatic carbocycles. The number of carbonyl (C=O) groups excluding carboxylic acids is 2. The second-order valence-electron chi connectivity index (χ2n) is 9.44. The first-order valence-electron chi connectivity index (χ1n) is 13.1. The summed E-state index contributed by atoms with van der Waals surface area (Å²) in [6.45, 7) is 2.97. The third-order valence-electron chi connectivity index (χ3n) is 6.53. The molecule has 2 heterocycles. The summed E-state index contributed by atoms with van der Waals surface area (Å²) >= 11 is 1.80. The van der Waals surface area contributed by atoms with Crippen LogP contribution in [0.2, 0.25) is 0 Å². The molecule has 0 radical (unpaired) electrons. The van der Waals surface area contributed by atoms with Crippen molar-refractivity contribution in [3.8, 4) is 11.5 Å². The highest BCUT2D eigenvalue weighted by Crippen LogP contribution is 2.46. The monoisotopic (exact) mass is 682 g/mol. The van der Waals surface area contributed by atoms with Gasteiger partial charge in [-0.2, -0.15) is 0 Å². The van der Waals surface area contributed by atoms with Crippen LogP contribution in [0.5, 0.6) is 11.5 Å².